The minimum Gasteiger partial charge on any atom is -0.494 e. The van der Waals surface area contributed by atoms with E-state index in [1.807, 2.05) is 0 Å². The highest BCUT2D eigenvalue weighted by molar-refractivity contribution is 5.43. The molecular weight excluding hydrogens is 428 g/mol. The van der Waals surface area contributed by atoms with Gasteiger partial charge in [-0.25, -0.2) is 0 Å². The molecule has 0 radical (unpaired) electrons. The lowest BCUT2D eigenvalue weighted by atomic mass is 9.77. The van der Waals surface area contributed by atoms with Crippen LogP contribution in [0.4, 0.5) is 0 Å². The monoisotopic (exact) mass is 484 g/mol. The van der Waals surface area contributed by atoms with Crippen LogP contribution in [0.15, 0.2) is 18.2 Å². The van der Waals surface area contributed by atoms with Gasteiger partial charge in [-0.3, -0.25) is 0 Å². The molecule has 35 heavy (non-hydrogen) atoms. The molecule has 2 heteroatoms. The van der Waals surface area contributed by atoms with Gasteiger partial charge in [0.1, 0.15) is 11.5 Å². The first kappa shape index (κ1) is 28.4. The number of hydrogen-bond acceptors (Lipinski definition) is 2. The number of ether oxygens (including phenoxy) is 2. The van der Waals surface area contributed by atoms with Gasteiger partial charge in [-0.05, 0) is 86.8 Å². The van der Waals surface area contributed by atoms with Crippen LogP contribution in [0, 0.1) is 17.8 Å². The topological polar surface area (TPSA) is 18.5 Å². The summed E-state index contributed by atoms with van der Waals surface area (Å²) >= 11 is 0. The second-order valence-electron chi connectivity index (χ2n) is 11.8. The molecule has 0 aliphatic heterocycles. The number of unbranched alkanes of at least 4 members (excludes halogenated alkanes) is 5. The third-order valence-corrected chi connectivity index (χ3v) is 8.86. The van der Waals surface area contributed by atoms with Crippen LogP contribution in [0.1, 0.15) is 148 Å². The SMILES string of the molecule is CCCCCCCC1CCC(COc2ccc(OCCC)cc2C2CCC(CCCC)CC2)CC1. The molecule has 1 aromatic carbocycles. The first-order valence-corrected chi connectivity index (χ1v) is 15.6. The number of rotatable bonds is 16. The average molecular weight is 485 g/mol. The van der Waals surface area contributed by atoms with E-state index in [1.165, 1.54) is 115 Å². The Labute approximate surface area is 218 Å². The van der Waals surface area contributed by atoms with Gasteiger partial charge in [0.15, 0.2) is 0 Å². The van der Waals surface area contributed by atoms with Gasteiger partial charge < -0.3 is 9.47 Å². The Hall–Kier alpha value is -1.18. The Morgan fingerprint density at radius 3 is 1.94 bits per heavy atom. The molecule has 2 aliphatic carbocycles. The Balaban J connectivity index is 1.49. The van der Waals surface area contributed by atoms with Crippen molar-refractivity contribution in [3.8, 4) is 11.5 Å². The van der Waals surface area contributed by atoms with Crippen molar-refractivity contribution < 1.29 is 9.47 Å². The van der Waals surface area contributed by atoms with Crippen molar-refractivity contribution in [3.05, 3.63) is 23.8 Å². The second kappa shape index (κ2) is 16.5. The maximum absolute atomic E-state index is 6.59. The minimum atomic E-state index is 0.636. The molecule has 2 saturated carbocycles. The predicted octanol–water partition coefficient (Wildman–Crippen LogP) is 10.5. The first-order chi connectivity index (χ1) is 17.2. The highest BCUT2D eigenvalue weighted by Crippen LogP contribution is 2.42. The van der Waals surface area contributed by atoms with Gasteiger partial charge in [0.2, 0.25) is 0 Å². The fourth-order valence-electron chi connectivity index (χ4n) is 6.47. The summed E-state index contributed by atoms with van der Waals surface area (Å²) in [5.41, 5.74) is 1.42. The Bertz CT molecular complexity index is 668. The quantitative estimate of drug-likeness (QED) is 0.217. The molecule has 0 unspecified atom stereocenters. The molecule has 2 fully saturated rings. The zero-order chi connectivity index (χ0) is 24.7. The van der Waals surface area contributed by atoms with E-state index in [2.05, 4.69) is 39.0 Å². The lowest BCUT2D eigenvalue weighted by molar-refractivity contribution is 0.175. The summed E-state index contributed by atoms with van der Waals surface area (Å²) in [5, 5.41) is 0. The van der Waals surface area contributed by atoms with Gasteiger partial charge in [0, 0.05) is 5.56 Å². The third-order valence-electron chi connectivity index (χ3n) is 8.86. The molecule has 200 valence electrons. The van der Waals surface area contributed by atoms with Crippen LogP contribution < -0.4 is 9.47 Å². The van der Waals surface area contributed by atoms with E-state index in [4.69, 9.17) is 9.47 Å². The highest BCUT2D eigenvalue weighted by atomic mass is 16.5. The van der Waals surface area contributed by atoms with Crippen molar-refractivity contribution in [2.24, 2.45) is 17.8 Å². The van der Waals surface area contributed by atoms with Gasteiger partial charge in [0.05, 0.1) is 13.2 Å². The van der Waals surface area contributed by atoms with E-state index < -0.39 is 0 Å². The molecule has 1 aromatic rings. The van der Waals surface area contributed by atoms with Crippen molar-refractivity contribution >= 4 is 0 Å². The summed E-state index contributed by atoms with van der Waals surface area (Å²) in [6.07, 6.45) is 24.7. The molecule has 0 spiro atoms. The van der Waals surface area contributed by atoms with Crippen molar-refractivity contribution in [3.63, 3.8) is 0 Å². The van der Waals surface area contributed by atoms with Gasteiger partial charge in [-0.15, -0.1) is 0 Å². The van der Waals surface area contributed by atoms with E-state index in [0.717, 1.165) is 48.9 Å². The van der Waals surface area contributed by atoms with Gasteiger partial charge >= 0.3 is 0 Å². The van der Waals surface area contributed by atoms with Crippen molar-refractivity contribution in [1.82, 2.24) is 0 Å². The molecule has 2 nitrogen and oxygen atoms in total. The van der Waals surface area contributed by atoms with Crippen LogP contribution >= 0.6 is 0 Å². The smallest absolute Gasteiger partial charge is 0.123 e. The lowest BCUT2D eigenvalue weighted by Crippen LogP contribution is -2.21. The number of benzene rings is 1. The maximum Gasteiger partial charge on any atom is 0.123 e. The van der Waals surface area contributed by atoms with Crippen LogP contribution in [0.2, 0.25) is 0 Å². The first-order valence-electron chi connectivity index (χ1n) is 15.6. The molecule has 0 bridgehead atoms. The molecule has 0 aromatic heterocycles. The van der Waals surface area contributed by atoms with Gasteiger partial charge in [0.25, 0.3) is 0 Å². The summed E-state index contributed by atoms with van der Waals surface area (Å²) in [6, 6.07) is 6.67. The summed E-state index contributed by atoms with van der Waals surface area (Å²) in [7, 11) is 0. The van der Waals surface area contributed by atoms with E-state index in [-0.39, 0.29) is 0 Å². The predicted molar refractivity (Wildman–Crippen MR) is 151 cm³/mol. The molecule has 0 heterocycles. The molecule has 0 amide bonds. The largest absolute Gasteiger partial charge is 0.494 e. The van der Waals surface area contributed by atoms with Gasteiger partial charge in [-0.2, -0.15) is 0 Å². The van der Waals surface area contributed by atoms with E-state index in [1.54, 1.807) is 0 Å². The van der Waals surface area contributed by atoms with Crippen molar-refractivity contribution in [2.45, 2.75) is 142 Å². The summed E-state index contributed by atoms with van der Waals surface area (Å²) in [5.74, 6) is 5.46. The molecule has 3 rings (SSSR count). The van der Waals surface area contributed by atoms with Crippen molar-refractivity contribution in [1.29, 1.82) is 0 Å². The maximum atomic E-state index is 6.59. The fraction of sp³-hybridized carbons (Fsp3) is 0.818. The molecule has 2 aliphatic rings. The normalized spacial score (nSPS) is 24.9. The fourth-order valence-corrected chi connectivity index (χ4v) is 6.47. The summed E-state index contributed by atoms with van der Waals surface area (Å²) in [6.45, 7) is 8.50. The highest BCUT2D eigenvalue weighted by Gasteiger charge is 2.26. The van der Waals surface area contributed by atoms with Gasteiger partial charge in [-0.1, -0.05) is 91.4 Å². The molecule has 0 N–H and O–H groups in total. The van der Waals surface area contributed by atoms with Crippen molar-refractivity contribution in [2.75, 3.05) is 13.2 Å². The molecular formula is C33H56O2. The molecule has 0 saturated heterocycles. The zero-order valence-corrected chi connectivity index (χ0v) is 23.5. The Morgan fingerprint density at radius 1 is 0.629 bits per heavy atom. The average Bonchev–Trinajstić information content (AvgIpc) is 2.90. The van der Waals surface area contributed by atoms with E-state index >= 15 is 0 Å². The Morgan fingerprint density at radius 2 is 1.26 bits per heavy atom. The summed E-state index contributed by atoms with van der Waals surface area (Å²) < 4.78 is 12.6. The van der Waals surface area contributed by atoms with Crippen LogP contribution in [0.5, 0.6) is 11.5 Å². The Kier molecular flexibility index (Phi) is 13.4. The lowest BCUT2D eigenvalue weighted by Gasteiger charge is -2.31. The third kappa shape index (κ3) is 10.0. The van der Waals surface area contributed by atoms with E-state index in [9.17, 15) is 0 Å². The summed E-state index contributed by atoms with van der Waals surface area (Å²) in [4.78, 5) is 0. The minimum absolute atomic E-state index is 0.636. The zero-order valence-electron chi connectivity index (χ0n) is 23.5. The molecule has 0 atom stereocenters. The van der Waals surface area contributed by atoms with Crippen LogP contribution in [0.3, 0.4) is 0 Å². The van der Waals surface area contributed by atoms with Crippen LogP contribution in [-0.2, 0) is 0 Å². The van der Waals surface area contributed by atoms with Crippen LogP contribution in [0.25, 0.3) is 0 Å². The van der Waals surface area contributed by atoms with Crippen LogP contribution in [-0.4, -0.2) is 13.2 Å². The standard InChI is InChI=1S/C33H56O2/c1-4-7-9-10-11-13-28-14-16-29(17-15-28)26-35-33-23-22-31(34-24-6-3)25-32(33)30-20-18-27(19-21-30)12-8-5-2/h22-23,25,27-30H,4-21,24,26H2,1-3H3. The number of hydrogen-bond donors (Lipinski definition) is 0. The van der Waals surface area contributed by atoms with E-state index in [0.29, 0.717) is 5.92 Å². The second-order valence-corrected chi connectivity index (χ2v) is 11.8.